The summed E-state index contributed by atoms with van der Waals surface area (Å²) in [7, 11) is -9.94. The molecular formula is C31H58F3LiO3S3Si2. The van der Waals surface area contributed by atoms with Crippen molar-refractivity contribution in [3.8, 4) is 0 Å². The molecule has 0 fully saturated rings. The standard InChI is InChI=1S/C13H24SSi.C10H21F3O3SSi.C4H4S.C4H9.Li/c1-10(2)15(11(3)4,12(5)6)13-8-7-9-14-13;1-7(2)18(8(3)4,9(5)6)16-17(14,15)10(11,12)13;1-2-4-5-3-1;1-3-4-2;/h7-12H,1-6H3;7-9H,1-6H3;1-4H;1,3-4H2,2H3;/q;;;-1;+1. The monoisotopic (exact) mass is 694 g/mol. The Morgan fingerprint density at radius 3 is 1.33 bits per heavy atom. The molecule has 3 nitrogen and oxygen atoms in total. The Labute approximate surface area is 285 Å². The van der Waals surface area contributed by atoms with Crippen LogP contribution in [0.1, 0.15) is 103 Å². The van der Waals surface area contributed by atoms with Crippen LogP contribution in [0.3, 0.4) is 0 Å². The van der Waals surface area contributed by atoms with E-state index in [0.717, 1.165) is 23.0 Å². The van der Waals surface area contributed by atoms with Crippen LogP contribution in [0, 0.1) is 6.92 Å². The van der Waals surface area contributed by atoms with Gasteiger partial charge in [0.05, 0.1) is 0 Å². The van der Waals surface area contributed by atoms with Gasteiger partial charge in [0.2, 0.25) is 8.32 Å². The molecule has 0 bridgehead atoms. The Morgan fingerprint density at radius 1 is 0.767 bits per heavy atom. The van der Waals surface area contributed by atoms with Gasteiger partial charge in [-0.05, 0) is 53.9 Å². The van der Waals surface area contributed by atoms with Gasteiger partial charge < -0.3 is 10.8 Å². The second kappa shape index (κ2) is 21.8. The maximum atomic E-state index is 12.5. The summed E-state index contributed by atoms with van der Waals surface area (Å²) < 4.78 is 66.4. The molecule has 2 aromatic heterocycles. The summed E-state index contributed by atoms with van der Waals surface area (Å²) in [5.74, 6) is 0. The second-order valence-electron chi connectivity index (χ2n) is 12.3. The van der Waals surface area contributed by atoms with E-state index in [1.807, 2.05) is 34.2 Å². The van der Waals surface area contributed by atoms with Crippen molar-refractivity contribution in [3.05, 3.63) is 47.3 Å². The van der Waals surface area contributed by atoms with Crippen molar-refractivity contribution in [1.82, 2.24) is 0 Å². The molecule has 0 spiro atoms. The molecule has 0 radical (unpaired) electrons. The van der Waals surface area contributed by atoms with E-state index in [1.165, 1.54) is 6.42 Å². The molecule has 0 amide bonds. The second-order valence-corrected chi connectivity index (χ2v) is 27.5. The fourth-order valence-corrected chi connectivity index (χ4v) is 24.5. The van der Waals surface area contributed by atoms with E-state index in [-0.39, 0.29) is 35.5 Å². The summed E-state index contributed by atoms with van der Waals surface area (Å²) in [6.45, 7) is 30.6. The first-order valence-electron chi connectivity index (χ1n) is 15.0. The number of rotatable bonds is 10. The zero-order valence-corrected chi connectivity index (χ0v) is 33.7. The zero-order valence-electron chi connectivity index (χ0n) is 29.2. The average molecular weight is 695 g/mol. The molecule has 2 rings (SSSR count). The van der Waals surface area contributed by atoms with Crippen molar-refractivity contribution in [1.29, 1.82) is 0 Å². The van der Waals surface area contributed by atoms with Gasteiger partial charge in [0.25, 0.3) is 0 Å². The van der Waals surface area contributed by atoms with Gasteiger partial charge in [0.15, 0.2) is 0 Å². The molecule has 43 heavy (non-hydrogen) atoms. The third kappa shape index (κ3) is 13.8. The molecule has 0 N–H and O–H groups in total. The Morgan fingerprint density at radius 2 is 1.14 bits per heavy atom. The molecule has 0 atom stereocenters. The SMILES string of the molecule is CC(C)[Si](OS(=O)(=O)C(F)(F)F)(C(C)C)C(C)C.CC(C)[Si](c1cccs1)(C(C)C)C(C)C.[CH2-]CCC.[Li+].c1ccsc1. The van der Waals surface area contributed by atoms with Crippen molar-refractivity contribution in [2.45, 2.75) is 142 Å². The van der Waals surface area contributed by atoms with Crippen LogP contribution in [0.25, 0.3) is 0 Å². The van der Waals surface area contributed by atoms with E-state index in [9.17, 15) is 21.6 Å². The van der Waals surface area contributed by atoms with E-state index in [2.05, 4.69) is 72.9 Å². The molecule has 0 saturated carbocycles. The van der Waals surface area contributed by atoms with Crippen LogP contribution < -0.4 is 23.4 Å². The first kappa shape index (κ1) is 47.5. The third-order valence-corrected chi connectivity index (χ3v) is 25.3. The van der Waals surface area contributed by atoms with Gasteiger partial charge in [-0.15, -0.1) is 0 Å². The number of alkyl halides is 3. The van der Waals surface area contributed by atoms with Crippen molar-refractivity contribution in [2.24, 2.45) is 0 Å². The quantitative estimate of drug-likeness (QED) is 0.142. The summed E-state index contributed by atoms with van der Waals surface area (Å²) in [4.78, 5) is 0. The van der Waals surface area contributed by atoms with Crippen molar-refractivity contribution < 1.29 is 44.3 Å². The predicted octanol–water partition coefficient (Wildman–Crippen LogP) is 9.03. The number of unbranched alkanes of at least 4 members (excludes halogenated alkanes) is 1. The van der Waals surface area contributed by atoms with Crippen LogP contribution in [0.5, 0.6) is 0 Å². The summed E-state index contributed by atoms with van der Waals surface area (Å²) in [6.07, 6.45) is 2.28. The predicted molar refractivity (Wildman–Crippen MR) is 187 cm³/mol. The van der Waals surface area contributed by atoms with Crippen LogP contribution in [0.4, 0.5) is 13.2 Å². The Hall–Kier alpha value is 0.131. The molecule has 248 valence electrons. The van der Waals surface area contributed by atoms with Gasteiger partial charge >= 0.3 is 34.5 Å². The smallest absolute Gasteiger partial charge is 0.343 e. The molecule has 0 aliphatic rings. The van der Waals surface area contributed by atoms with Crippen molar-refractivity contribution in [2.75, 3.05) is 0 Å². The summed E-state index contributed by atoms with van der Waals surface area (Å²) in [6, 6.07) is 8.63. The van der Waals surface area contributed by atoms with Gasteiger partial charge in [-0.2, -0.15) is 50.7 Å². The average Bonchev–Trinajstić information content (AvgIpc) is 3.59. The molecule has 0 aliphatic carbocycles. The first-order valence-corrected chi connectivity index (χ1v) is 22.6. The normalized spacial score (nSPS) is 12.4. The molecule has 12 heteroatoms. The molecule has 0 aliphatic heterocycles. The molecular weight excluding hydrogens is 637 g/mol. The van der Waals surface area contributed by atoms with Crippen LogP contribution in [0.2, 0.25) is 33.2 Å². The van der Waals surface area contributed by atoms with Crippen LogP contribution in [-0.2, 0) is 14.0 Å². The van der Waals surface area contributed by atoms with E-state index in [4.69, 9.17) is 3.87 Å². The summed E-state index contributed by atoms with van der Waals surface area (Å²) in [5, 5.41) is 6.32. The van der Waals surface area contributed by atoms with E-state index in [1.54, 1.807) is 57.4 Å². The Bertz CT molecular complexity index is 962. The number of hydrogen-bond donors (Lipinski definition) is 0. The fraction of sp³-hybridized carbons (Fsp3) is 0.710. The first-order chi connectivity index (χ1) is 19.1. The van der Waals surface area contributed by atoms with Gasteiger partial charge in [-0.3, -0.25) is 0 Å². The zero-order chi connectivity index (χ0) is 33.5. The maximum absolute atomic E-state index is 12.5. The minimum Gasteiger partial charge on any atom is -0.343 e. The largest absolute Gasteiger partial charge is 1.00 e. The van der Waals surface area contributed by atoms with Gasteiger partial charge in [0, 0.05) is 0 Å². The fourth-order valence-electron chi connectivity index (χ4n) is 6.13. The molecule has 2 aromatic rings. The van der Waals surface area contributed by atoms with Gasteiger partial charge in [-0.1, -0.05) is 121 Å². The molecule has 0 aromatic carbocycles. The van der Waals surface area contributed by atoms with Crippen molar-refractivity contribution in [3.63, 3.8) is 0 Å². The maximum Gasteiger partial charge on any atom is 1.00 e. The van der Waals surface area contributed by atoms with Crippen molar-refractivity contribution >= 4 is 53.7 Å². The summed E-state index contributed by atoms with van der Waals surface area (Å²) >= 11 is 3.69. The van der Waals surface area contributed by atoms with E-state index in [0.29, 0.717) is 0 Å². The third-order valence-electron chi connectivity index (χ3n) is 7.84. The summed E-state index contributed by atoms with van der Waals surface area (Å²) in [5.41, 5.74) is -3.55. The number of halogens is 3. The van der Waals surface area contributed by atoms with E-state index >= 15 is 0 Å². The molecule has 0 unspecified atom stereocenters. The number of thiophene rings is 2. The van der Waals surface area contributed by atoms with E-state index < -0.39 is 32.0 Å². The molecule has 2 heterocycles. The molecule has 0 saturated heterocycles. The van der Waals surface area contributed by atoms with Gasteiger partial charge in [-0.25, -0.2) is 0 Å². The van der Waals surface area contributed by atoms with Crippen LogP contribution in [0.15, 0.2) is 40.4 Å². The van der Waals surface area contributed by atoms with Crippen LogP contribution in [-0.4, -0.2) is 30.3 Å². The Balaban J connectivity index is -0.000000570. The van der Waals surface area contributed by atoms with Crippen LogP contribution >= 0.6 is 22.7 Å². The number of hydrogen-bond acceptors (Lipinski definition) is 5. The Kier molecular flexibility index (Phi) is 24.1. The minimum absolute atomic E-state index is 0. The topological polar surface area (TPSA) is 43.4 Å². The van der Waals surface area contributed by atoms with Gasteiger partial charge in [0.1, 0.15) is 8.07 Å². The minimum atomic E-state index is -5.53.